The standard InChI is InChI=1S/C16H19NO3/c1-12-11-17-8-7-13(12)16(18)14-5-3-4-6-15(14)20-10-9-19-2/h3-8,11,16,18H,9-10H2,1-2H3. The van der Waals surface area contributed by atoms with Gasteiger partial charge in [-0.1, -0.05) is 18.2 Å². The predicted octanol–water partition coefficient (Wildman–Crippen LogP) is 2.50. The molecule has 1 N–H and O–H groups in total. The summed E-state index contributed by atoms with van der Waals surface area (Å²) in [6.45, 7) is 2.90. The second-order valence-electron chi connectivity index (χ2n) is 4.51. The molecule has 0 bridgehead atoms. The van der Waals surface area contributed by atoms with Crippen LogP contribution in [0.25, 0.3) is 0 Å². The molecule has 20 heavy (non-hydrogen) atoms. The van der Waals surface area contributed by atoms with Gasteiger partial charge < -0.3 is 14.6 Å². The number of hydrogen-bond donors (Lipinski definition) is 1. The summed E-state index contributed by atoms with van der Waals surface area (Å²) in [6, 6.07) is 9.32. The minimum Gasteiger partial charge on any atom is -0.491 e. The normalized spacial score (nSPS) is 12.2. The van der Waals surface area contributed by atoms with Gasteiger partial charge in [-0.2, -0.15) is 0 Å². The van der Waals surface area contributed by atoms with Crippen LogP contribution in [0.3, 0.4) is 0 Å². The first-order valence-corrected chi connectivity index (χ1v) is 6.53. The maximum absolute atomic E-state index is 10.6. The third-order valence-corrected chi connectivity index (χ3v) is 3.12. The van der Waals surface area contributed by atoms with E-state index in [0.717, 1.165) is 16.7 Å². The van der Waals surface area contributed by atoms with Gasteiger partial charge in [0, 0.05) is 25.1 Å². The number of aryl methyl sites for hydroxylation is 1. The zero-order chi connectivity index (χ0) is 14.4. The molecule has 4 nitrogen and oxygen atoms in total. The van der Waals surface area contributed by atoms with Crippen molar-refractivity contribution in [2.75, 3.05) is 20.3 Å². The third-order valence-electron chi connectivity index (χ3n) is 3.12. The van der Waals surface area contributed by atoms with Crippen molar-refractivity contribution in [2.24, 2.45) is 0 Å². The molecule has 1 unspecified atom stereocenters. The van der Waals surface area contributed by atoms with Crippen LogP contribution in [0, 0.1) is 6.92 Å². The van der Waals surface area contributed by atoms with Crippen molar-refractivity contribution in [1.29, 1.82) is 0 Å². The summed E-state index contributed by atoms with van der Waals surface area (Å²) in [4.78, 5) is 4.05. The molecule has 1 heterocycles. The highest BCUT2D eigenvalue weighted by Crippen LogP contribution is 2.31. The Kier molecular flexibility index (Phi) is 5.09. The maximum Gasteiger partial charge on any atom is 0.125 e. The Morgan fingerprint density at radius 1 is 1.15 bits per heavy atom. The number of aliphatic hydroxyl groups is 1. The molecule has 0 aliphatic rings. The molecule has 2 rings (SSSR count). The van der Waals surface area contributed by atoms with E-state index in [0.29, 0.717) is 19.0 Å². The van der Waals surface area contributed by atoms with Crippen molar-refractivity contribution in [3.8, 4) is 5.75 Å². The van der Waals surface area contributed by atoms with Crippen molar-refractivity contribution in [3.05, 3.63) is 59.4 Å². The zero-order valence-corrected chi connectivity index (χ0v) is 11.7. The quantitative estimate of drug-likeness (QED) is 0.822. The van der Waals surface area contributed by atoms with Crippen molar-refractivity contribution < 1.29 is 14.6 Å². The lowest BCUT2D eigenvalue weighted by atomic mass is 9.98. The van der Waals surface area contributed by atoms with E-state index >= 15 is 0 Å². The average Bonchev–Trinajstić information content (AvgIpc) is 2.48. The summed E-state index contributed by atoms with van der Waals surface area (Å²) in [5.41, 5.74) is 2.53. The van der Waals surface area contributed by atoms with Gasteiger partial charge in [0.1, 0.15) is 18.5 Å². The van der Waals surface area contributed by atoms with E-state index in [-0.39, 0.29) is 0 Å². The summed E-state index contributed by atoms with van der Waals surface area (Å²) >= 11 is 0. The molecule has 0 aliphatic carbocycles. The number of pyridine rings is 1. The van der Waals surface area contributed by atoms with Crippen LogP contribution in [-0.4, -0.2) is 30.4 Å². The number of hydrogen-bond acceptors (Lipinski definition) is 4. The first kappa shape index (κ1) is 14.5. The molecule has 0 saturated heterocycles. The SMILES string of the molecule is COCCOc1ccccc1C(O)c1ccncc1C. The second-order valence-corrected chi connectivity index (χ2v) is 4.51. The number of ether oxygens (including phenoxy) is 2. The molecule has 2 aromatic rings. The van der Waals surface area contributed by atoms with E-state index in [4.69, 9.17) is 9.47 Å². The van der Waals surface area contributed by atoms with Gasteiger partial charge in [0.15, 0.2) is 0 Å². The second kappa shape index (κ2) is 7.03. The first-order valence-electron chi connectivity index (χ1n) is 6.53. The molecule has 0 saturated carbocycles. The fourth-order valence-electron chi connectivity index (χ4n) is 2.03. The largest absolute Gasteiger partial charge is 0.491 e. The molecule has 0 radical (unpaired) electrons. The summed E-state index contributed by atoms with van der Waals surface area (Å²) in [6.07, 6.45) is 2.70. The Bertz CT molecular complexity index is 557. The lowest BCUT2D eigenvalue weighted by molar-refractivity contribution is 0.142. The third kappa shape index (κ3) is 3.35. The molecule has 1 atom stereocenters. The minimum absolute atomic E-state index is 0.454. The summed E-state index contributed by atoms with van der Waals surface area (Å²) in [5.74, 6) is 0.674. The molecule has 0 amide bonds. The number of benzene rings is 1. The molecule has 0 spiro atoms. The summed E-state index contributed by atoms with van der Waals surface area (Å²) in [7, 11) is 1.63. The van der Waals surface area contributed by atoms with Crippen molar-refractivity contribution in [3.63, 3.8) is 0 Å². The van der Waals surface area contributed by atoms with Crippen LogP contribution in [0.1, 0.15) is 22.8 Å². The lowest BCUT2D eigenvalue weighted by Crippen LogP contribution is -2.09. The number of methoxy groups -OCH3 is 1. The molecule has 0 fully saturated rings. The Hall–Kier alpha value is -1.91. The monoisotopic (exact) mass is 273 g/mol. The van der Waals surface area contributed by atoms with Gasteiger partial charge in [-0.15, -0.1) is 0 Å². The predicted molar refractivity (Wildman–Crippen MR) is 76.8 cm³/mol. The van der Waals surface area contributed by atoms with E-state index in [2.05, 4.69) is 4.98 Å². The van der Waals surface area contributed by atoms with Gasteiger partial charge >= 0.3 is 0 Å². The van der Waals surface area contributed by atoms with Gasteiger partial charge in [-0.05, 0) is 30.2 Å². The van der Waals surface area contributed by atoms with Crippen LogP contribution in [0.2, 0.25) is 0 Å². The van der Waals surface area contributed by atoms with Crippen LogP contribution in [0.4, 0.5) is 0 Å². The van der Waals surface area contributed by atoms with Crippen molar-refractivity contribution >= 4 is 0 Å². The molecular formula is C16H19NO3. The van der Waals surface area contributed by atoms with E-state index in [1.807, 2.05) is 37.3 Å². The van der Waals surface area contributed by atoms with Crippen LogP contribution in [0.5, 0.6) is 5.75 Å². The molecule has 4 heteroatoms. The fourth-order valence-corrected chi connectivity index (χ4v) is 2.03. The molecule has 106 valence electrons. The van der Waals surface area contributed by atoms with E-state index in [1.54, 1.807) is 19.5 Å². The first-order chi connectivity index (χ1) is 9.74. The topological polar surface area (TPSA) is 51.6 Å². The van der Waals surface area contributed by atoms with Gasteiger partial charge in [0.25, 0.3) is 0 Å². The number of nitrogens with zero attached hydrogens (tertiary/aromatic N) is 1. The minimum atomic E-state index is -0.725. The highest BCUT2D eigenvalue weighted by atomic mass is 16.5. The molecule has 1 aromatic heterocycles. The zero-order valence-electron chi connectivity index (χ0n) is 11.7. The van der Waals surface area contributed by atoms with Crippen LogP contribution >= 0.6 is 0 Å². The van der Waals surface area contributed by atoms with Gasteiger partial charge in [-0.25, -0.2) is 0 Å². The number of aliphatic hydroxyl groups excluding tert-OH is 1. The Morgan fingerprint density at radius 2 is 1.95 bits per heavy atom. The fraction of sp³-hybridized carbons (Fsp3) is 0.312. The number of para-hydroxylation sites is 1. The van der Waals surface area contributed by atoms with Gasteiger partial charge in [0.2, 0.25) is 0 Å². The number of aromatic nitrogens is 1. The molecule has 1 aromatic carbocycles. The van der Waals surface area contributed by atoms with E-state index < -0.39 is 6.10 Å². The highest BCUT2D eigenvalue weighted by molar-refractivity contribution is 5.41. The molecular weight excluding hydrogens is 254 g/mol. The molecule has 0 aliphatic heterocycles. The maximum atomic E-state index is 10.6. The van der Waals surface area contributed by atoms with Gasteiger partial charge in [-0.3, -0.25) is 4.98 Å². The Morgan fingerprint density at radius 3 is 2.70 bits per heavy atom. The number of rotatable bonds is 6. The van der Waals surface area contributed by atoms with E-state index in [1.165, 1.54) is 0 Å². The van der Waals surface area contributed by atoms with Gasteiger partial charge in [0.05, 0.1) is 6.61 Å². The van der Waals surface area contributed by atoms with Crippen LogP contribution in [0.15, 0.2) is 42.7 Å². The summed E-state index contributed by atoms with van der Waals surface area (Å²) in [5, 5.41) is 10.6. The smallest absolute Gasteiger partial charge is 0.125 e. The van der Waals surface area contributed by atoms with E-state index in [9.17, 15) is 5.11 Å². The average molecular weight is 273 g/mol. The highest BCUT2D eigenvalue weighted by Gasteiger charge is 2.16. The van der Waals surface area contributed by atoms with Crippen molar-refractivity contribution in [1.82, 2.24) is 4.98 Å². The Balaban J connectivity index is 2.25. The van der Waals surface area contributed by atoms with Crippen LogP contribution in [-0.2, 0) is 4.74 Å². The summed E-state index contributed by atoms with van der Waals surface area (Å²) < 4.78 is 10.6. The van der Waals surface area contributed by atoms with Crippen LogP contribution < -0.4 is 4.74 Å². The lowest BCUT2D eigenvalue weighted by Gasteiger charge is -2.17. The Labute approximate surface area is 119 Å². The van der Waals surface area contributed by atoms with Crippen molar-refractivity contribution in [2.45, 2.75) is 13.0 Å².